The molecular weight excluding hydrogens is 551 g/mol. The number of imidazole rings is 1. The number of aliphatic hydroxyl groups is 1. The predicted molar refractivity (Wildman–Crippen MR) is 148 cm³/mol. The summed E-state index contributed by atoms with van der Waals surface area (Å²) in [5, 5.41) is 13.7. The van der Waals surface area contributed by atoms with E-state index in [-0.39, 0.29) is 39.5 Å². The van der Waals surface area contributed by atoms with Crippen molar-refractivity contribution in [3.8, 4) is 11.4 Å². The number of ether oxygens (including phenoxy) is 1. The van der Waals surface area contributed by atoms with Crippen molar-refractivity contribution >= 4 is 27.5 Å². The number of carbonyl (C=O) groups is 1. The molecule has 220 valence electrons. The van der Waals surface area contributed by atoms with Crippen LogP contribution in [0, 0.1) is 5.82 Å². The zero-order chi connectivity index (χ0) is 29.6. The summed E-state index contributed by atoms with van der Waals surface area (Å²) < 4.78 is 67.6. The van der Waals surface area contributed by atoms with Gasteiger partial charge in [0.05, 0.1) is 28.4 Å². The van der Waals surface area contributed by atoms with Gasteiger partial charge in [0.15, 0.2) is 0 Å². The Labute approximate surface area is 230 Å². The molecule has 1 aliphatic heterocycles. The molecule has 3 aromatic rings. The lowest BCUT2D eigenvalue weighted by Gasteiger charge is -2.44. The van der Waals surface area contributed by atoms with E-state index in [1.165, 1.54) is 42.7 Å². The Kier molecular flexibility index (Phi) is 8.07. The van der Waals surface area contributed by atoms with Crippen LogP contribution in [0.25, 0.3) is 16.7 Å². The van der Waals surface area contributed by atoms with Gasteiger partial charge in [-0.05, 0) is 70.9 Å². The molecule has 1 unspecified atom stereocenters. The van der Waals surface area contributed by atoms with E-state index in [1.54, 1.807) is 6.92 Å². The van der Waals surface area contributed by atoms with Crippen LogP contribution in [0.5, 0.6) is 5.75 Å². The quantitative estimate of drug-likeness (QED) is 0.297. The fraction of sp³-hybridized carbons (Fsp3) is 0.481. The van der Waals surface area contributed by atoms with Crippen molar-refractivity contribution < 1.29 is 36.9 Å². The molecule has 0 spiro atoms. The second kappa shape index (κ2) is 10.8. The van der Waals surface area contributed by atoms with Crippen molar-refractivity contribution in [3.63, 3.8) is 0 Å². The van der Waals surface area contributed by atoms with Gasteiger partial charge in [0.2, 0.25) is 0 Å². The van der Waals surface area contributed by atoms with E-state index in [0.717, 1.165) is 16.7 Å². The van der Waals surface area contributed by atoms with E-state index in [0.29, 0.717) is 12.8 Å². The van der Waals surface area contributed by atoms with Crippen LogP contribution >= 0.6 is 10.6 Å². The van der Waals surface area contributed by atoms with Crippen LogP contribution in [-0.4, -0.2) is 64.9 Å². The molecule has 0 aliphatic carbocycles. The van der Waals surface area contributed by atoms with Gasteiger partial charge in [-0.3, -0.25) is 23.0 Å². The molecule has 1 amide bonds. The minimum atomic E-state index is -2.75. The number of nitrogens with zero attached hydrogens (tertiary/aromatic N) is 2. The average Bonchev–Trinajstić information content (AvgIpc) is 3.15. The number of fused-ring (bicyclic) bond motifs is 1. The lowest BCUT2D eigenvalue weighted by molar-refractivity contribution is 0.0307. The molecule has 1 aliphatic rings. The van der Waals surface area contributed by atoms with Gasteiger partial charge in [0.1, 0.15) is 18.2 Å². The number of alkyl halides is 2. The molecule has 13 heteroatoms. The molecule has 0 saturated carbocycles. The minimum absolute atomic E-state index is 0.0617. The van der Waals surface area contributed by atoms with Gasteiger partial charge in [-0.25, -0.2) is 18.0 Å². The molecule has 0 radical (unpaired) electrons. The van der Waals surface area contributed by atoms with Crippen LogP contribution in [0.1, 0.15) is 56.9 Å². The maximum Gasteiger partial charge on any atom is 0.334 e. The van der Waals surface area contributed by atoms with Gasteiger partial charge in [-0.15, -0.1) is 0 Å². The second-order valence-electron chi connectivity index (χ2n) is 11.1. The normalized spacial score (nSPS) is 18.5. The van der Waals surface area contributed by atoms with E-state index >= 15 is 4.39 Å². The maximum atomic E-state index is 15.1. The molecule has 1 aromatic heterocycles. The number of nitrogens with one attached hydrogen (secondary N) is 1. The Balaban J connectivity index is 1.81. The number of aromatic nitrogens is 2. The fourth-order valence-corrected chi connectivity index (χ4v) is 6.43. The van der Waals surface area contributed by atoms with Crippen molar-refractivity contribution in [2.45, 2.75) is 64.1 Å². The van der Waals surface area contributed by atoms with E-state index in [2.05, 4.69) is 5.32 Å². The number of halogens is 3. The second-order valence-corrected chi connectivity index (χ2v) is 13.5. The first-order chi connectivity index (χ1) is 18.5. The lowest BCUT2D eigenvalue weighted by atomic mass is 9.94. The Morgan fingerprint density at radius 1 is 1.15 bits per heavy atom. The summed E-state index contributed by atoms with van der Waals surface area (Å²) in [7, 11) is -2.65. The number of hydrogen-bond acceptors (Lipinski definition) is 6. The Hall–Kier alpha value is -3.00. The summed E-state index contributed by atoms with van der Waals surface area (Å²) in [4.78, 5) is 27.0. The molecule has 40 heavy (non-hydrogen) atoms. The fourth-order valence-electron chi connectivity index (χ4n) is 4.67. The van der Waals surface area contributed by atoms with E-state index in [4.69, 9.17) is 4.74 Å². The lowest BCUT2D eigenvalue weighted by Crippen LogP contribution is -2.50. The van der Waals surface area contributed by atoms with Crippen molar-refractivity contribution in [3.05, 3.63) is 58.3 Å². The van der Waals surface area contributed by atoms with Crippen molar-refractivity contribution in [2.24, 2.45) is 0 Å². The Morgan fingerprint density at radius 2 is 1.80 bits per heavy atom. The predicted octanol–water partition coefficient (Wildman–Crippen LogP) is 4.94. The summed E-state index contributed by atoms with van der Waals surface area (Å²) in [6, 6.07) is 6.94. The highest BCUT2D eigenvalue weighted by Crippen LogP contribution is 2.47. The highest BCUT2D eigenvalue weighted by atomic mass is 32.3. The summed E-state index contributed by atoms with van der Waals surface area (Å²) >= 11 is 0. The maximum absolute atomic E-state index is 15.1. The highest BCUT2D eigenvalue weighted by Gasteiger charge is 2.35. The number of benzene rings is 2. The standard InChI is InChI=1S/C27H34F3N3O6S/c1-16(26(2,3)36)32-22-13-17(24(34)31-27(4)9-11-40(37,38)12-10-27)5-8-20(22)33(25(32)35)21-14-18(6-7-19(21)28)39-15-23(29)30/h5-8,13-14,16,23,36-38H,9-12,15H2,1-4H3,(H,31,34). The number of hydrogen-bond donors (Lipinski definition) is 4. The van der Waals surface area contributed by atoms with Crippen LogP contribution in [0.15, 0.2) is 41.2 Å². The van der Waals surface area contributed by atoms with E-state index in [9.17, 15) is 32.6 Å². The Bertz CT molecular complexity index is 1470. The molecule has 9 nitrogen and oxygen atoms in total. The van der Waals surface area contributed by atoms with Crippen LogP contribution in [-0.2, 0) is 0 Å². The third-order valence-electron chi connectivity index (χ3n) is 7.46. The largest absolute Gasteiger partial charge is 0.488 e. The molecule has 1 atom stereocenters. The first-order valence-corrected chi connectivity index (χ1v) is 14.7. The number of amides is 1. The molecule has 1 fully saturated rings. The smallest absolute Gasteiger partial charge is 0.334 e. The van der Waals surface area contributed by atoms with Crippen LogP contribution in [0.3, 0.4) is 0 Å². The molecule has 2 heterocycles. The van der Waals surface area contributed by atoms with Crippen molar-refractivity contribution in [2.75, 3.05) is 18.1 Å². The van der Waals surface area contributed by atoms with Crippen molar-refractivity contribution in [1.29, 1.82) is 0 Å². The monoisotopic (exact) mass is 585 g/mol. The summed E-state index contributed by atoms with van der Waals surface area (Å²) in [6.07, 6.45) is -1.99. The first kappa shape index (κ1) is 30.0. The van der Waals surface area contributed by atoms with Crippen LogP contribution < -0.4 is 15.7 Å². The van der Waals surface area contributed by atoms with Crippen LogP contribution in [0.4, 0.5) is 13.2 Å². The van der Waals surface area contributed by atoms with Gasteiger partial charge in [0.25, 0.3) is 12.3 Å². The highest BCUT2D eigenvalue weighted by molar-refractivity contribution is 8.24. The van der Waals surface area contributed by atoms with Gasteiger partial charge in [0, 0.05) is 28.7 Å². The van der Waals surface area contributed by atoms with Gasteiger partial charge in [-0.2, -0.15) is 10.6 Å². The average molecular weight is 586 g/mol. The zero-order valence-corrected chi connectivity index (χ0v) is 23.5. The summed E-state index contributed by atoms with van der Waals surface area (Å²) in [5.74, 6) is -0.952. The Morgan fingerprint density at radius 3 is 2.40 bits per heavy atom. The van der Waals surface area contributed by atoms with E-state index in [1.807, 2.05) is 6.92 Å². The molecule has 4 N–H and O–H groups in total. The summed E-state index contributed by atoms with van der Waals surface area (Å²) in [5.41, 5.74) is -2.34. The molecule has 1 saturated heterocycles. The molecule has 0 bridgehead atoms. The van der Waals surface area contributed by atoms with Gasteiger partial charge < -0.3 is 15.2 Å². The van der Waals surface area contributed by atoms with Crippen LogP contribution in [0.2, 0.25) is 0 Å². The van der Waals surface area contributed by atoms with Gasteiger partial charge in [-0.1, -0.05) is 0 Å². The molecule has 4 rings (SSSR count). The third kappa shape index (κ3) is 6.17. The number of carbonyl (C=O) groups excluding carboxylic acids is 1. The SMILES string of the molecule is CC(n1c(=O)n(-c2cc(OCC(F)F)ccc2F)c2ccc(C(=O)NC3(C)CCS(O)(O)CC3)cc21)C(C)(C)O. The molecule has 2 aromatic carbocycles. The minimum Gasteiger partial charge on any atom is -0.488 e. The topological polar surface area (TPSA) is 126 Å². The summed E-state index contributed by atoms with van der Waals surface area (Å²) in [6.45, 7) is 5.55. The first-order valence-electron chi connectivity index (χ1n) is 12.8. The van der Waals surface area contributed by atoms with Crippen molar-refractivity contribution in [1.82, 2.24) is 14.5 Å². The third-order valence-corrected chi connectivity index (χ3v) is 9.17. The number of rotatable bonds is 8. The zero-order valence-electron chi connectivity index (χ0n) is 22.7. The molecular formula is C27H34F3N3O6S. The van der Waals surface area contributed by atoms with E-state index < -0.39 is 58.2 Å². The van der Waals surface area contributed by atoms with Gasteiger partial charge >= 0.3 is 5.69 Å².